The SMILES string of the molecule is CCCC1CC1Nc1nc(Cl)nnc1Cl. The maximum absolute atomic E-state index is 5.84. The number of aromatic nitrogens is 3. The van der Waals surface area contributed by atoms with E-state index < -0.39 is 0 Å². The van der Waals surface area contributed by atoms with Gasteiger partial charge in [0.15, 0.2) is 11.0 Å². The fourth-order valence-corrected chi connectivity index (χ4v) is 1.93. The average Bonchev–Trinajstić information content (AvgIpc) is 2.91. The molecule has 1 heterocycles. The zero-order chi connectivity index (χ0) is 10.8. The Labute approximate surface area is 98.4 Å². The van der Waals surface area contributed by atoms with Gasteiger partial charge in [-0.1, -0.05) is 24.9 Å². The predicted octanol–water partition coefficient (Wildman–Crippen LogP) is 2.78. The fourth-order valence-electron chi connectivity index (χ4n) is 1.67. The van der Waals surface area contributed by atoms with Crippen LogP contribution in [0.15, 0.2) is 0 Å². The van der Waals surface area contributed by atoms with Crippen molar-refractivity contribution in [1.29, 1.82) is 0 Å². The summed E-state index contributed by atoms with van der Waals surface area (Å²) in [5.41, 5.74) is 0. The molecule has 0 saturated heterocycles. The van der Waals surface area contributed by atoms with Gasteiger partial charge in [-0.3, -0.25) is 0 Å². The summed E-state index contributed by atoms with van der Waals surface area (Å²) in [6, 6.07) is 0.468. The number of hydrogen-bond acceptors (Lipinski definition) is 4. The normalized spacial score (nSPS) is 23.9. The second-order valence-electron chi connectivity index (χ2n) is 3.76. The maximum atomic E-state index is 5.84. The first-order valence-electron chi connectivity index (χ1n) is 5.03. The van der Waals surface area contributed by atoms with Gasteiger partial charge in [0.25, 0.3) is 0 Å². The average molecular weight is 247 g/mol. The highest BCUT2D eigenvalue weighted by Crippen LogP contribution is 2.37. The van der Waals surface area contributed by atoms with E-state index >= 15 is 0 Å². The molecular weight excluding hydrogens is 235 g/mol. The fraction of sp³-hybridized carbons (Fsp3) is 0.667. The summed E-state index contributed by atoms with van der Waals surface area (Å²) in [7, 11) is 0. The summed E-state index contributed by atoms with van der Waals surface area (Å²) in [4.78, 5) is 4.00. The lowest BCUT2D eigenvalue weighted by atomic mass is 10.2. The molecule has 0 radical (unpaired) electrons. The minimum Gasteiger partial charge on any atom is -0.364 e. The van der Waals surface area contributed by atoms with Gasteiger partial charge in [-0.05, 0) is 30.4 Å². The summed E-state index contributed by atoms with van der Waals surface area (Å²) in [5.74, 6) is 1.28. The summed E-state index contributed by atoms with van der Waals surface area (Å²) in [5, 5.41) is 10.9. The van der Waals surface area contributed by atoms with E-state index in [1.54, 1.807) is 0 Å². The molecule has 15 heavy (non-hydrogen) atoms. The highest BCUT2D eigenvalue weighted by Gasteiger charge is 2.36. The third-order valence-corrected chi connectivity index (χ3v) is 2.94. The van der Waals surface area contributed by atoms with Gasteiger partial charge in [-0.25, -0.2) is 0 Å². The molecule has 6 heteroatoms. The van der Waals surface area contributed by atoms with Gasteiger partial charge in [0.05, 0.1) is 0 Å². The third kappa shape index (κ3) is 2.69. The van der Waals surface area contributed by atoms with E-state index in [0.717, 1.165) is 5.92 Å². The first-order valence-corrected chi connectivity index (χ1v) is 5.78. The van der Waals surface area contributed by atoms with Crippen molar-refractivity contribution in [2.75, 3.05) is 5.32 Å². The van der Waals surface area contributed by atoms with Crippen LogP contribution in [0.25, 0.3) is 0 Å². The monoisotopic (exact) mass is 246 g/mol. The van der Waals surface area contributed by atoms with Crippen molar-refractivity contribution >= 4 is 29.0 Å². The Balaban J connectivity index is 1.97. The molecule has 0 aromatic carbocycles. The van der Waals surface area contributed by atoms with E-state index in [2.05, 4.69) is 27.4 Å². The van der Waals surface area contributed by atoms with Crippen LogP contribution >= 0.6 is 23.2 Å². The van der Waals surface area contributed by atoms with E-state index in [-0.39, 0.29) is 10.4 Å². The number of halogens is 2. The van der Waals surface area contributed by atoms with Crippen LogP contribution in [-0.2, 0) is 0 Å². The highest BCUT2D eigenvalue weighted by atomic mass is 35.5. The molecule has 1 N–H and O–H groups in total. The lowest BCUT2D eigenvalue weighted by Gasteiger charge is -2.05. The van der Waals surface area contributed by atoms with Gasteiger partial charge in [-0.2, -0.15) is 4.98 Å². The molecule has 1 saturated carbocycles. The van der Waals surface area contributed by atoms with Crippen LogP contribution in [-0.4, -0.2) is 21.2 Å². The molecule has 0 aliphatic heterocycles. The Morgan fingerprint density at radius 3 is 2.93 bits per heavy atom. The minimum atomic E-state index is 0.120. The quantitative estimate of drug-likeness (QED) is 0.888. The van der Waals surface area contributed by atoms with Crippen molar-refractivity contribution in [3.63, 3.8) is 0 Å². The maximum Gasteiger partial charge on any atom is 0.245 e. The van der Waals surface area contributed by atoms with Gasteiger partial charge in [0.1, 0.15) is 0 Å². The zero-order valence-electron chi connectivity index (χ0n) is 8.37. The Hall–Kier alpha value is -0.610. The molecule has 1 aliphatic carbocycles. The molecule has 0 spiro atoms. The Kier molecular flexibility index (Phi) is 3.26. The highest BCUT2D eigenvalue weighted by molar-refractivity contribution is 6.32. The van der Waals surface area contributed by atoms with Crippen molar-refractivity contribution in [3.8, 4) is 0 Å². The number of nitrogens with one attached hydrogen (secondary N) is 1. The van der Waals surface area contributed by atoms with Crippen LogP contribution < -0.4 is 5.32 Å². The molecule has 2 rings (SSSR count). The van der Waals surface area contributed by atoms with Crippen LogP contribution in [0.3, 0.4) is 0 Å². The first-order chi connectivity index (χ1) is 7.20. The predicted molar refractivity (Wildman–Crippen MR) is 60.3 cm³/mol. The topological polar surface area (TPSA) is 50.7 Å². The van der Waals surface area contributed by atoms with Crippen LogP contribution in [0.5, 0.6) is 0 Å². The third-order valence-electron chi connectivity index (χ3n) is 2.52. The van der Waals surface area contributed by atoms with Crippen LogP contribution in [0, 0.1) is 5.92 Å². The van der Waals surface area contributed by atoms with Crippen molar-refractivity contribution in [2.45, 2.75) is 32.2 Å². The molecule has 0 amide bonds. The van der Waals surface area contributed by atoms with Gasteiger partial charge >= 0.3 is 0 Å². The molecule has 1 aliphatic rings. The second-order valence-corrected chi connectivity index (χ2v) is 4.45. The van der Waals surface area contributed by atoms with Gasteiger partial charge in [0, 0.05) is 6.04 Å². The zero-order valence-corrected chi connectivity index (χ0v) is 9.89. The molecule has 2 atom stereocenters. The molecule has 4 nitrogen and oxygen atoms in total. The van der Waals surface area contributed by atoms with E-state index in [9.17, 15) is 0 Å². The summed E-state index contributed by atoms with van der Waals surface area (Å²) in [6.07, 6.45) is 3.62. The van der Waals surface area contributed by atoms with Crippen molar-refractivity contribution in [3.05, 3.63) is 10.4 Å². The Morgan fingerprint density at radius 1 is 1.40 bits per heavy atom. The number of rotatable bonds is 4. The number of anilines is 1. The minimum absolute atomic E-state index is 0.120. The van der Waals surface area contributed by atoms with Gasteiger partial charge in [0.2, 0.25) is 5.28 Å². The smallest absolute Gasteiger partial charge is 0.245 e. The summed E-state index contributed by atoms with van der Waals surface area (Å²) < 4.78 is 0. The first kappa shape index (κ1) is 10.9. The van der Waals surface area contributed by atoms with Crippen molar-refractivity contribution in [1.82, 2.24) is 15.2 Å². The standard InChI is InChI=1S/C9H12Cl2N4/c1-2-3-5-4-6(5)12-8-7(10)14-15-9(11)13-8/h5-6H,2-4H2,1H3,(H,12,13,15). The lowest BCUT2D eigenvalue weighted by molar-refractivity contribution is 0.691. The van der Waals surface area contributed by atoms with E-state index in [1.165, 1.54) is 19.3 Å². The second kappa shape index (κ2) is 4.49. The molecule has 1 fully saturated rings. The van der Waals surface area contributed by atoms with Crippen LogP contribution in [0.2, 0.25) is 10.4 Å². The van der Waals surface area contributed by atoms with Gasteiger partial charge < -0.3 is 5.32 Å². The summed E-state index contributed by atoms with van der Waals surface area (Å²) >= 11 is 11.5. The summed E-state index contributed by atoms with van der Waals surface area (Å²) in [6.45, 7) is 2.19. The molecular formula is C9H12Cl2N4. The molecule has 1 aromatic rings. The van der Waals surface area contributed by atoms with Crippen LogP contribution in [0.1, 0.15) is 26.2 Å². The van der Waals surface area contributed by atoms with E-state index in [0.29, 0.717) is 11.9 Å². The molecule has 1 aromatic heterocycles. The van der Waals surface area contributed by atoms with Gasteiger partial charge in [-0.15, -0.1) is 10.2 Å². The lowest BCUT2D eigenvalue weighted by Crippen LogP contribution is -2.08. The Morgan fingerprint density at radius 2 is 2.20 bits per heavy atom. The van der Waals surface area contributed by atoms with E-state index in [1.807, 2.05) is 0 Å². The van der Waals surface area contributed by atoms with Crippen molar-refractivity contribution in [2.24, 2.45) is 5.92 Å². The Bertz CT molecular complexity index is 358. The number of nitrogens with zero attached hydrogens (tertiary/aromatic N) is 3. The van der Waals surface area contributed by atoms with E-state index in [4.69, 9.17) is 23.2 Å². The number of hydrogen-bond donors (Lipinski definition) is 1. The van der Waals surface area contributed by atoms with Crippen LogP contribution in [0.4, 0.5) is 5.82 Å². The molecule has 2 unspecified atom stereocenters. The molecule has 82 valence electrons. The largest absolute Gasteiger partial charge is 0.364 e. The molecule has 0 bridgehead atoms. The van der Waals surface area contributed by atoms with Crippen molar-refractivity contribution < 1.29 is 0 Å².